The Balaban J connectivity index is 1.23. The molecule has 124 valence electrons. The van der Waals surface area contributed by atoms with Crippen LogP contribution in [0.2, 0.25) is 0 Å². The highest BCUT2D eigenvalue weighted by Gasteiger charge is 2.53. The van der Waals surface area contributed by atoms with Gasteiger partial charge in [0.25, 0.3) is 0 Å². The molecule has 5 fully saturated rings. The van der Waals surface area contributed by atoms with Crippen molar-refractivity contribution >= 4 is 0 Å². The van der Waals surface area contributed by atoms with Gasteiger partial charge >= 0.3 is 0 Å². The largest absolute Gasteiger partial charge is 0.316 e. The van der Waals surface area contributed by atoms with Crippen LogP contribution in [0.15, 0.2) is 24.4 Å². The molecule has 5 atom stereocenters. The second-order valence-corrected chi connectivity index (χ2v) is 8.22. The van der Waals surface area contributed by atoms with Gasteiger partial charge < -0.3 is 10.2 Å². The molecule has 0 aromatic carbocycles. The lowest BCUT2D eigenvalue weighted by atomic mass is 9.95. The summed E-state index contributed by atoms with van der Waals surface area (Å²) in [6.45, 7) is 8.85. The van der Waals surface area contributed by atoms with Crippen molar-refractivity contribution in [2.24, 2.45) is 23.7 Å². The van der Waals surface area contributed by atoms with Gasteiger partial charge in [-0.05, 0) is 61.7 Å². The molecule has 5 heterocycles. The molecule has 6 rings (SSSR count). The van der Waals surface area contributed by atoms with Gasteiger partial charge in [-0.2, -0.15) is 0 Å². The van der Waals surface area contributed by atoms with Gasteiger partial charge in [-0.25, -0.2) is 0 Å². The van der Waals surface area contributed by atoms with E-state index in [-0.39, 0.29) is 0 Å². The quantitative estimate of drug-likeness (QED) is 0.912. The molecule has 0 amide bonds. The van der Waals surface area contributed by atoms with Gasteiger partial charge in [0.1, 0.15) is 0 Å². The Hall–Kier alpha value is -0.970. The molecule has 5 aliphatic rings. The molecule has 2 bridgehead atoms. The summed E-state index contributed by atoms with van der Waals surface area (Å²) in [5.41, 5.74) is 1.23. The molecule has 1 aromatic rings. The Morgan fingerprint density at radius 2 is 2.00 bits per heavy atom. The predicted octanol–water partition coefficient (Wildman–Crippen LogP) is 1.44. The van der Waals surface area contributed by atoms with Crippen LogP contribution in [-0.2, 0) is 6.54 Å². The molecule has 4 nitrogen and oxygen atoms in total. The normalized spacial score (nSPS) is 40.1. The van der Waals surface area contributed by atoms with Crippen LogP contribution in [0, 0.1) is 23.7 Å². The maximum Gasteiger partial charge on any atom is 0.0544 e. The first-order valence-corrected chi connectivity index (χ1v) is 9.44. The smallest absolute Gasteiger partial charge is 0.0544 e. The van der Waals surface area contributed by atoms with E-state index < -0.39 is 0 Å². The summed E-state index contributed by atoms with van der Waals surface area (Å²) < 4.78 is 0. The summed E-state index contributed by atoms with van der Waals surface area (Å²) in [5, 5.41) is 3.53. The van der Waals surface area contributed by atoms with Crippen molar-refractivity contribution in [3.05, 3.63) is 30.1 Å². The Labute approximate surface area is 139 Å². The van der Waals surface area contributed by atoms with Crippen molar-refractivity contribution in [3.8, 4) is 0 Å². The fraction of sp³-hybridized carbons (Fsp3) is 0.737. The molecule has 1 aromatic heterocycles. The van der Waals surface area contributed by atoms with E-state index in [2.05, 4.69) is 32.2 Å². The molecular weight excluding hydrogens is 284 g/mol. The first-order valence-electron chi connectivity index (χ1n) is 9.44. The highest BCUT2D eigenvalue weighted by Crippen LogP contribution is 2.49. The summed E-state index contributed by atoms with van der Waals surface area (Å²) in [4.78, 5) is 10.1. The van der Waals surface area contributed by atoms with Crippen molar-refractivity contribution in [2.75, 3.05) is 39.3 Å². The average Bonchev–Trinajstić information content (AvgIpc) is 3.10. The van der Waals surface area contributed by atoms with Crippen molar-refractivity contribution in [1.82, 2.24) is 20.1 Å². The standard InChI is InChI=1S/C19H28N4/c1-2-6-21-15(3-1)11-23-10-14-4-5-16(23)12-22(9-14)13-19-17-7-20-8-18(17)19/h1-3,6,14,16-20H,4-5,7-13H2/t14-,16+,17-,18+,19?/m0/s1. The van der Waals surface area contributed by atoms with E-state index in [1.165, 1.54) is 57.8 Å². The maximum atomic E-state index is 4.54. The summed E-state index contributed by atoms with van der Waals surface area (Å²) >= 11 is 0. The summed E-state index contributed by atoms with van der Waals surface area (Å²) in [5.74, 6) is 3.87. The minimum Gasteiger partial charge on any atom is -0.316 e. The van der Waals surface area contributed by atoms with Crippen molar-refractivity contribution in [1.29, 1.82) is 0 Å². The third-order valence-corrected chi connectivity index (χ3v) is 6.73. The number of hydrogen-bond donors (Lipinski definition) is 1. The van der Waals surface area contributed by atoms with E-state index in [0.717, 1.165) is 36.3 Å². The number of hydrogen-bond acceptors (Lipinski definition) is 4. The molecule has 0 spiro atoms. The van der Waals surface area contributed by atoms with Gasteiger partial charge in [0.2, 0.25) is 0 Å². The van der Waals surface area contributed by atoms with Crippen LogP contribution in [0.3, 0.4) is 0 Å². The molecule has 1 N–H and O–H groups in total. The molecule has 4 saturated heterocycles. The molecule has 23 heavy (non-hydrogen) atoms. The molecule has 1 unspecified atom stereocenters. The van der Waals surface area contributed by atoms with Crippen molar-refractivity contribution in [2.45, 2.75) is 25.4 Å². The molecule has 4 aliphatic heterocycles. The van der Waals surface area contributed by atoms with Crippen molar-refractivity contribution in [3.63, 3.8) is 0 Å². The predicted molar refractivity (Wildman–Crippen MR) is 90.9 cm³/mol. The van der Waals surface area contributed by atoms with E-state index in [0.29, 0.717) is 0 Å². The average molecular weight is 312 g/mol. The van der Waals surface area contributed by atoms with Gasteiger partial charge in [-0.1, -0.05) is 6.07 Å². The third-order valence-electron chi connectivity index (χ3n) is 6.73. The van der Waals surface area contributed by atoms with Gasteiger partial charge in [0.15, 0.2) is 0 Å². The number of rotatable bonds is 4. The number of nitrogens with zero attached hydrogens (tertiary/aromatic N) is 3. The van der Waals surface area contributed by atoms with Gasteiger partial charge in [-0.3, -0.25) is 9.88 Å². The Morgan fingerprint density at radius 1 is 1.09 bits per heavy atom. The lowest BCUT2D eigenvalue weighted by molar-refractivity contribution is 0.121. The van der Waals surface area contributed by atoms with Crippen LogP contribution in [0.5, 0.6) is 0 Å². The van der Waals surface area contributed by atoms with Gasteiger partial charge in [0.05, 0.1) is 5.69 Å². The zero-order valence-corrected chi connectivity index (χ0v) is 13.9. The zero-order valence-electron chi connectivity index (χ0n) is 13.9. The van der Waals surface area contributed by atoms with Crippen LogP contribution in [0.25, 0.3) is 0 Å². The van der Waals surface area contributed by atoms with Crippen molar-refractivity contribution < 1.29 is 0 Å². The first-order chi connectivity index (χ1) is 11.4. The number of aromatic nitrogens is 1. The summed E-state index contributed by atoms with van der Waals surface area (Å²) in [6.07, 6.45) is 4.74. The Kier molecular flexibility index (Phi) is 3.65. The number of fused-ring (bicyclic) bond motifs is 5. The molecule has 1 aliphatic carbocycles. The molecule has 0 radical (unpaired) electrons. The number of pyridine rings is 1. The van der Waals surface area contributed by atoms with E-state index in [1.807, 2.05) is 12.3 Å². The SMILES string of the molecule is c1ccc(CN2C[C@H]3CC[C@@H]2CN(CC2[C@H]4CNC[C@@H]24)C3)nc1. The minimum absolute atomic E-state index is 0.743. The third kappa shape index (κ3) is 2.81. The lowest BCUT2D eigenvalue weighted by Gasteiger charge is -2.35. The Morgan fingerprint density at radius 3 is 2.83 bits per heavy atom. The second kappa shape index (κ2) is 5.83. The fourth-order valence-corrected chi connectivity index (χ4v) is 5.43. The van der Waals surface area contributed by atoms with Crippen LogP contribution in [-0.4, -0.2) is 60.1 Å². The van der Waals surface area contributed by atoms with Crippen LogP contribution >= 0.6 is 0 Å². The molecular formula is C19H28N4. The number of nitrogens with one attached hydrogen (secondary N) is 1. The fourth-order valence-electron chi connectivity index (χ4n) is 5.43. The van der Waals surface area contributed by atoms with Gasteiger partial charge in [0, 0.05) is 45.0 Å². The maximum absolute atomic E-state index is 4.54. The monoisotopic (exact) mass is 312 g/mol. The number of piperidine rings is 2. The summed E-state index contributed by atoms with van der Waals surface area (Å²) in [7, 11) is 0. The Bertz CT molecular complexity index is 538. The van der Waals surface area contributed by atoms with Crippen LogP contribution in [0.4, 0.5) is 0 Å². The van der Waals surface area contributed by atoms with Crippen LogP contribution < -0.4 is 5.32 Å². The zero-order chi connectivity index (χ0) is 15.2. The highest BCUT2D eigenvalue weighted by molar-refractivity contribution is 5.07. The minimum atomic E-state index is 0.743. The second-order valence-electron chi connectivity index (χ2n) is 8.22. The lowest BCUT2D eigenvalue weighted by Crippen LogP contribution is -2.43. The topological polar surface area (TPSA) is 31.4 Å². The molecule has 4 heteroatoms. The van der Waals surface area contributed by atoms with Gasteiger partial charge in [-0.15, -0.1) is 0 Å². The van der Waals surface area contributed by atoms with Crippen LogP contribution in [0.1, 0.15) is 18.5 Å². The highest BCUT2D eigenvalue weighted by atomic mass is 15.3. The first kappa shape index (κ1) is 14.4. The van der Waals surface area contributed by atoms with E-state index in [9.17, 15) is 0 Å². The van der Waals surface area contributed by atoms with E-state index >= 15 is 0 Å². The van der Waals surface area contributed by atoms with E-state index in [4.69, 9.17) is 0 Å². The molecule has 1 saturated carbocycles. The summed E-state index contributed by atoms with van der Waals surface area (Å²) in [6, 6.07) is 7.05. The van der Waals surface area contributed by atoms with E-state index in [1.54, 1.807) is 0 Å².